The van der Waals surface area contributed by atoms with Crippen molar-refractivity contribution in [3.05, 3.63) is 11.4 Å². The summed E-state index contributed by atoms with van der Waals surface area (Å²) >= 11 is 0. The van der Waals surface area contributed by atoms with Crippen LogP contribution in [0.15, 0.2) is 0 Å². The molecule has 1 heterocycles. The molecule has 0 spiro atoms. The van der Waals surface area contributed by atoms with E-state index in [0.717, 1.165) is 0 Å². The van der Waals surface area contributed by atoms with E-state index in [1.165, 1.54) is 0 Å². The molecule has 7 nitrogen and oxygen atoms in total. The standard InChI is InChI=1S/C13H22N4O3/c1-4-17-12(11(14)9(3)16-17)13(19)15-8-6-7-10(18)20-5-2/h4-8,14H2,1-3H3,(H,15,19). The second-order valence-electron chi connectivity index (χ2n) is 4.33. The van der Waals surface area contributed by atoms with Gasteiger partial charge < -0.3 is 15.8 Å². The number of carbonyl (C=O) groups excluding carboxylic acids is 2. The summed E-state index contributed by atoms with van der Waals surface area (Å²) in [6.07, 6.45) is 0.819. The Morgan fingerprint density at radius 3 is 2.70 bits per heavy atom. The number of nitrogens with one attached hydrogen (secondary N) is 1. The van der Waals surface area contributed by atoms with Gasteiger partial charge in [-0.15, -0.1) is 0 Å². The molecule has 0 fully saturated rings. The van der Waals surface area contributed by atoms with Crippen LogP contribution in [0.1, 0.15) is 42.9 Å². The van der Waals surface area contributed by atoms with Crippen LogP contribution in [-0.4, -0.2) is 34.8 Å². The van der Waals surface area contributed by atoms with Gasteiger partial charge in [0.2, 0.25) is 0 Å². The number of aromatic nitrogens is 2. The molecule has 3 N–H and O–H groups in total. The number of carbonyl (C=O) groups is 2. The fourth-order valence-electron chi connectivity index (χ4n) is 1.82. The average molecular weight is 282 g/mol. The summed E-state index contributed by atoms with van der Waals surface area (Å²) in [6.45, 7) is 6.75. The number of hydrogen-bond donors (Lipinski definition) is 2. The summed E-state index contributed by atoms with van der Waals surface area (Å²) in [6, 6.07) is 0. The smallest absolute Gasteiger partial charge is 0.305 e. The van der Waals surface area contributed by atoms with Gasteiger partial charge in [0.1, 0.15) is 5.69 Å². The second kappa shape index (κ2) is 7.52. The maximum atomic E-state index is 12.1. The van der Waals surface area contributed by atoms with Gasteiger partial charge in [-0.1, -0.05) is 0 Å². The highest BCUT2D eigenvalue weighted by atomic mass is 16.5. The van der Waals surface area contributed by atoms with Crippen LogP contribution in [-0.2, 0) is 16.1 Å². The van der Waals surface area contributed by atoms with Gasteiger partial charge in [-0.05, 0) is 27.2 Å². The Hall–Kier alpha value is -2.05. The summed E-state index contributed by atoms with van der Waals surface area (Å²) in [5.41, 5.74) is 7.27. The van der Waals surface area contributed by atoms with Gasteiger partial charge in [-0.2, -0.15) is 5.10 Å². The van der Waals surface area contributed by atoms with Crippen molar-refractivity contribution in [1.29, 1.82) is 0 Å². The number of amides is 1. The number of nitrogens with two attached hydrogens (primary N) is 1. The van der Waals surface area contributed by atoms with E-state index in [1.54, 1.807) is 18.5 Å². The normalized spacial score (nSPS) is 10.3. The minimum Gasteiger partial charge on any atom is -0.466 e. The van der Waals surface area contributed by atoms with Crippen LogP contribution in [0, 0.1) is 6.92 Å². The van der Waals surface area contributed by atoms with E-state index >= 15 is 0 Å². The van der Waals surface area contributed by atoms with Crippen molar-refractivity contribution in [3.63, 3.8) is 0 Å². The first-order chi connectivity index (χ1) is 9.51. The lowest BCUT2D eigenvalue weighted by Crippen LogP contribution is -2.28. The average Bonchev–Trinajstić information content (AvgIpc) is 2.70. The van der Waals surface area contributed by atoms with Crippen molar-refractivity contribution in [1.82, 2.24) is 15.1 Å². The molecule has 0 aliphatic carbocycles. The second-order valence-corrected chi connectivity index (χ2v) is 4.33. The Morgan fingerprint density at radius 1 is 1.40 bits per heavy atom. The van der Waals surface area contributed by atoms with Crippen molar-refractivity contribution in [2.45, 2.75) is 40.2 Å². The van der Waals surface area contributed by atoms with Crippen molar-refractivity contribution >= 4 is 17.6 Å². The number of esters is 1. The van der Waals surface area contributed by atoms with E-state index < -0.39 is 0 Å². The highest BCUT2D eigenvalue weighted by Crippen LogP contribution is 2.16. The van der Waals surface area contributed by atoms with E-state index in [1.807, 2.05) is 6.92 Å². The Balaban J connectivity index is 2.49. The Labute approximate surface area is 118 Å². The molecule has 20 heavy (non-hydrogen) atoms. The van der Waals surface area contributed by atoms with Crippen LogP contribution < -0.4 is 11.1 Å². The molecule has 0 aliphatic heterocycles. The maximum Gasteiger partial charge on any atom is 0.305 e. The molecule has 1 aromatic heterocycles. The molecular weight excluding hydrogens is 260 g/mol. The fraction of sp³-hybridized carbons (Fsp3) is 0.615. The number of hydrogen-bond acceptors (Lipinski definition) is 5. The first-order valence-electron chi connectivity index (χ1n) is 6.77. The summed E-state index contributed by atoms with van der Waals surface area (Å²) in [4.78, 5) is 23.2. The molecule has 0 unspecified atom stereocenters. The van der Waals surface area contributed by atoms with Gasteiger partial charge in [-0.25, -0.2) is 0 Å². The lowest BCUT2D eigenvalue weighted by atomic mass is 10.2. The highest BCUT2D eigenvalue weighted by Gasteiger charge is 2.18. The summed E-state index contributed by atoms with van der Waals surface area (Å²) < 4.78 is 6.38. The van der Waals surface area contributed by atoms with Crippen LogP contribution in [0.4, 0.5) is 5.69 Å². The zero-order chi connectivity index (χ0) is 15.1. The molecule has 0 saturated heterocycles. The van der Waals surface area contributed by atoms with Crippen molar-refractivity contribution in [2.24, 2.45) is 0 Å². The monoisotopic (exact) mass is 282 g/mol. The molecule has 0 radical (unpaired) electrons. The van der Waals surface area contributed by atoms with Gasteiger partial charge in [-0.3, -0.25) is 14.3 Å². The predicted molar refractivity (Wildman–Crippen MR) is 75.3 cm³/mol. The van der Waals surface area contributed by atoms with Crippen molar-refractivity contribution in [3.8, 4) is 0 Å². The molecule has 1 rings (SSSR count). The van der Waals surface area contributed by atoms with Gasteiger partial charge in [0.25, 0.3) is 5.91 Å². The lowest BCUT2D eigenvalue weighted by Gasteiger charge is -2.07. The van der Waals surface area contributed by atoms with Gasteiger partial charge in [0, 0.05) is 19.5 Å². The Bertz CT molecular complexity index is 482. The number of nitrogens with zero attached hydrogens (tertiary/aromatic N) is 2. The molecule has 1 aromatic rings. The van der Waals surface area contributed by atoms with Crippen LogP contribution in [0.3, 0.4) is 0 Å². The molecule has 0 aromatic carbocycles. The first-order valence-corrected chi connectivity index (χ1v) is 6.77. The molecular formula is C13H22N4O3. The fourth-order valence-corrected chi connectivity index (χ4v) is 1.82. The topological polar surface area (TPSA) is 99.2 Å². The summed E-state index contributed by atoms with van der Waals surface area (Å²) in [5, 5.41) is 6.93. The molecule has 0 saturated carbocycles. The number of nitrogen functional groups attached to an aromatic ring is 1. The van der Waals surface area contributed by atoms with E-state index in [2.05, 4.69) is 10.4 Å². The molecule has 0 atom stereocenters. The van der Waals surface area contributed by atoms with E-state index in [4.69, 9.17) is 10.5 Å². The van der Waals surface area contributed by atoms with E-state index in [-0.39, 0.29) is 18.3 Å². The third kappa shape index (κ3) is 3.97. The maximum absolute atomic E-state index is 12.1. The van der Waals surface area contributed by atoms with Gasteiger partial charge >= 0.3 is 5.97 Å². The van der Waals surface area contributed by atoms with Gasteiger partial charge in [0.05, 0.1) is 18.0 Å². The SMILES string of the molecule is CCOC(=O)CCCNC(=O)c1c(N)c(C)nn1CC. The van der Waals surface area contributed by atoms with Crippen LogP contribution in [0.5, 0.6) is 0 Å². The number of rotatable bonds is 7. The third-order valence-corrected chi connectivity index (χ3v) is 2.84. The molecule has 7 heteroatoms. The minimum absolute atomic E-state index is 0.254. The largest absolute Gasteiger partial charge is 0.466 e. The molecule has 1 amide bonds. The minimum atomic E-state index is -0.270. The van der Waals surface area contributed by atoms with Crippen LogP contribution >= 0.6 is 0 Å². The Morgan fingerprint density at radius 2 is 2.10 bits per heavy atom. The van der Waals surface area contributed by atoms with Crippen molar-refractivity contribution in [2.75, 3.05) is 18.9 Å². The zero-order valence-corrected chi connectivity index (χ0v) is 12.2. The number of aryl methyl sites for hydroxylation is 2. The predicted octanol–water partition coefficient (Wildman–Crippen LogP) is 0.867. The zero-order valence-electron chi connectivity index (χ0n) is 12.2. The first kappa shape index (κ1) is 16.0. The third-order valence-electron chi connectivity index (χ3n) is 2.84. The summed E-state index contributed by atoms with van der Waals surface area (Å²) in [7, 11) is 0. The highest BCUT2D eigenvalue weighted by molar-refractivity contribution is 5.97. The van der Waals surface area contributed by atoms with Gasteiger partial charge in [0.15, 0.2) is 0 Å². The van der Waals surface area contributed by atoms with Crippen LogP contribution in [0.25, 0.3) is 0 Å². The number of ether oxygens (including phenoxy) is 1. The van der Waals surface area contributed by atoms with Crippen molar-refractivity contribution < 1.29 is 14.3 Å². The number of anilines is 1. The molecule has 0 aliphatic rings. The summed E-state index contributed by atoms with van der Waals surface area (Å²) in [5.74, 6) is -0.524. The lowest BCUT2D eigenvalue weighted by molar-refractivity contribution is -0.143. The Kier molecular flexibility index (Phi) is 6.02. The van der Waals surface area contributed by atoms with E-state index in [0.29, 0.717) is 43.2 Å². The quantitative estimate of drug-likeness (QED) is 0.571. The van der Waals surface area contributed by atoms with Crippen LogP contribution in [0.2, 0.25) is 0 Å². The molecule has 112 valence electrons. The molecule has 0 bridgehead atoms. The van der Waals surface area contributed by atoms with E-state index in [9.17, 15) is 9.59 Å².